The van der Waals surface area contributed by atoms with Gasteiger partial charge in [0.25, 0.3) is 0 Å². The predicted molar refractivity (Wildman–Crippen MR) is 62.0 cm³/mol. The van der Waals surface area contributed by atoms with E-state index in [1.54, 1.807) is 12.1 Å². The molecule has 1 aromatic carbocycles. The van der Waals surface area contributed by atoms with Crippen molar-refractivity contribution in [1.82, 2.24) is 0 Å². The molecule has 1 aromatic rings. The Bertz CT molecular complexity index is 468. The van der Waals surface area contributed by atoms with E-state index in [4.69, 9.17) is 0 Å². The minimum atomic E-state index is -3.33. The van der Waals surface area contributed by atoms with Gasteiger partial charge in [0.05, 0.1) is 16.3 Å². The van der Waals surface area contributed by atoms with Gasteiger partial charge < -0.3 is 5.32 Å². The van der Waals surface area contributed by atoms with Crippen molar-refractivity contribution in [2.75, 3.05) is 17.3 Å². The summed E-state index contributed by atoms with van der Waals surface area (Å²) in [7, 11) is -3.33. The second-order valence-corrected chi connectivity index (χ2v) is 5.28. The highest BCUT2D eigenvalue weighted by molar-refractivity contribution is 7.90. The molecule has 0 saturated carbocycles. The lowest BCUT2D eigenvalue weighted by Gasteiger charge is -2.08. The van der Waals surface area contributed by atoms with Crippen LogP contribution in [0.2, 0.25) is 0 Å². The van der Waals surface area contributed by atoms with E-state index in [1.807, 2.05) is 0 Å². The van der Waals surface area contributed by atoms with Crippen LogP contribution in [-0.2, 0) is 14.6 Å². The summed E-state index contributed by atoms with van der Waals surface area (Å²) in [5.41, 5.74) is 0.291. The van der Waals surface area contributed by atoms with Gasteiger partial charge in [0.1, 0.15) is 0 Å². The van der Waals surface area contributed by atoms with Crippen molar-refractivity contribution in [2.45, 2.75) is 4.90 Å². The van der Waals surface area contributed by atoms with Gasteiger partial charge in [-0.3, -0.25) is 4.79 Å². The summed E-state index contributed by atoms with van der Waals surface area (Å²) in [6.07, 6.45) is 1.10. The lowest BCUT2D eigenvalue weighted by atomic mass is 10.3. The molecule has 1 N–H and O–H groups in total. The number of para-hydroxylation sites is 1. The van der Waals surface area contributed by atoms with Crippen LogP contribution in [0.5, 0.6) is 0 Å². The molecule has 1 amide bonds. The van der Waals surface area contributed by atoms with Gasteiger partial charge in [-0.2, -0.15) is 12.6 Å². The number of thiol groups is 1. The predicted octanol–water partition coefficient (Wildman–Crippen LogP) is 0.958. The van der Waals surface area contributed by atoms with Crippen molar-refractivity contribution >= 4 is 34.1 Å². The summed E-state index contributed by atoms with van der Waals surface area (Å²) in [6, 6.07) is 6.25. The third-order valence-electron chi connectivity index (χ3n) is 1.70. The third kappa shape index (κ3) is 3.24. The van der Waals surface area contributed by atoms with Gasteiger partial charge in [-0.25, -0.2) is 8.42 Å². The van der Waals surface area contributed by atoms with E-state index in [2.05, 4.69) is 17.9 Å². The van der Waals surface area contributed by atoms with E-state index in [1.165, 1.54) is 12.1 Å². The molecule has 0 bridgehead atoms. The number of hydrogen-bond acceptors (Lipinski definition) is 4. The number of benzene rings is 1. The molecular formula is C9H11NO3S2. The van der Waals surface area contributed by atoms with E-state index >= 15 is 0 Å². The summed E-state index contributed by atoms with van der Waals surface area (Å²) in [5, 5.41) is 2.47. The van der Waals surface area contributed by atoms with Crippen molar-refractivity contribution < 1.29 is 13.2 Å². The summed E-state index contributed by atoms with van der Waals surface area (Å²) >= 11 is 3.79. The standard InChI is InChI=1S/C9H11NO3S2/c1-15(12,13)8-5-3-2-4-7(8)10-9(11)6-14/h2-5,14H,6H2,1H3,(H,10,11). The number of nitrogens with one attached hydrogen (secondary N) is 1. The van der Waals surface area contributed by atoms with Crippen molar-refractivity contribution in [1.29, 1.82) is 0 Å². The normalized spacial score (nSPS) is 11.1. The molecule has 0 aliphatic rings. The molecule has 0 heterocycles. The number of anilines is 1. The maximum Gasteiger partial charge on any atom is 0.234 e. The van der Waals surface area contributed by atoms with Gasteiger partial charge in [0, 0.05) is 6.26 Å². The van der Waals surface area contributed by atoms with Crippen LogP contribution in [0.1, 0.15) is 0 Å². The number of carbonyl (C=O) groups excluding carboxylic acids is 1. The monoisotopic (exact) mass is 245 g/mol. The summed E-state index contributed by atoms with van der Waals surface area (Å²) < 4.78 is 22.7. The number of carbonyl (C=O) groups is 1. The largest absolute Gasteiger partial charge is 0.324 e. The van der Waals surface area contributed by atoms with Gasteiger partial charge in [-0.05, 0) is 12.1 Å². The van der Waals surface area contributed by atoms with Crippen molar-refractivity contribution in [2.24, 2.45) is 0 Å². The molecule has 0 aliphatic carbocycles. The zero-order chi connectivity index (χ0) is 11.5. The first kappa shape index (κ1) is 12.1. The fourth-order valence-electron chi connectivity index (χ4n) is 1.08. The van der Waals surface area contributed by atoms with E-state index < -0.39 is 9.84 Å². The maximum atomic E-state index is 11.4. The smallest absolute Gasteiger partial charge is 0.234 e. The van der Waals surface area contributed by atoms with Crippen LogP contribution in [0.4, 0.5) is 5.69 Å². The first-order valence-corrected chi connectivity index (χ1v) is 6.67. The van der Waals surface area contributed by atoms with Crippen molar-refractivity contribution in [3.8, 4) is 0 Å². The first-order chi connectivity index (χ1) is 6.95. The summed E-state index contributed by atoms with van der Waals surface area (Å²) in [5.74, 6) is -0.326. The number of rotatable bonds is 3. The molecule has 82 valence electrons. The molecule has 4 nitrogen and oxygen atoms in total. The Kier molecular flexibility index (Phi) is 3.76. The average Bonchev–Trinajstić information content (AvgIpc) is 2.17. The molecule has 0 aromatic heterocycles. The Morgan fingerprint density at radius 3 is 2.53 bits per heavy atom. The van der Waals surface area contributed by atoms with Crippen LogP contribution in [0.25, 0.3) is 0 Å². The second-order valence-electron chi connectivity index (χ2n) is 2.97. The molecule has 0 unspecified atom stereocenters. The fraction of sp³-hybridized carbons (Fsp3) is 0.222. The SMILES string of the molecule is CS(=O)(=O)c1ccccc1NC(=O)CS. The Morgan fingerprint density at radius 1 is 1.40 bits per heavy atom. The van der Waals surface area contributed by atoms with Gasteiger partial charge in [0.15, 0.2) is 9.84 Å². The fourth-order valence-corrected chi connectivity index (χ4v) is 2.01. The quantitative estimate of drug-likeness (QED) is 0.780. The Morgan fingerprint density at radius 2 is 2.00 bits per heavy atom. The van der Waals surface area contributed by atoms with E-state index in [-0.39, 0.29) is 16.6 Å². The number of amides is 1. The van der Waals surface area contributed by atoms with Gasteiger partial charge in [0.2, 0.25) is 5.91 Å². The highest BCUT2D eigenvalue weighted by Crippen LogP contribution is 2.20. The van der Waals surface area contributed by atoms with Crippen LogP contribution in [-0.4, -0.2) is 26.3 Å². The Balaban J connectivity index is 3.13. The summed E-state index contributed by atoms with van der Waals surface area (Å²) in [4.78, 5) is 11.2. The second kappa shape index (κ2) is 4.67. The molecule has 0 radical (unpaired) electrons. The maximum absolute atomic E-state index is 11.4. The molecular weight excluding hydrogens is 234 g/mol. The summed E-state index contributed by atoms with van der Waals surface area (Å²) in [6.45, 7) is 0. The Labute approximate surface area is 94.0 Å². The first-order valence-electron chi connectivity index (χ1n) is 4.15. The lowest BCUT2D eigenvalue weighted by molar-refractivity contribution is -0.113. The van der Waals surface area contributed by atoms with E-state index in [0.29, 0.717) is 5.69 Å². The van der Waals surface area contributed by atoms with Crippen LogP contribution in [0, 0.1) is 0 Å². The molecule has 0 aliphatic heterocycles. The molecule has 0 saturated heterocycles. The molecule has 0 spiro atoms. The Hall–Kier alpha value is -1.01. The van der Waals surface area contributed by atoms with Crippen molar-refractivity contribution in [3.05, 3.63) is 24.3 Å². The molecule has 0 fully saturated rings. The van der Waals surface area contributed by atoms with Crippen LogP contribution >= 0.6 is 12.6 Å². The zero-order valence-corrected chi connectivity index (χ0v) is 9.81. The van der Waals surface area contributed by atoms with Crippen LogP contribution in [0.3, 0.4) is 0 Å². The molecule has 1 rings (SSSR count). The zero-order valence-electron chi connectivity index (χ0n) is 8.10. The van der Waals surface area contributed by atoms with Gasteiger partial charge >= 0.3 is 0 Å². The third-order valence-corrected chi connectivity index (χ3v) is 3.15. The topological polar surface area (TPSA) is 63.2 Å². The average molecular weight is 245 g/mol. The van der Waals surface area contributed by atoms with Crippen LogP contribution in [0.15, 0.2) is 29.2 Å². The van der Waals surface area contributed by atoms with Gasteiger partial charge in [-0.15, -0.1) is 0 Å². The highest BCUT2D eigenvalue weighted by atomic mass is 32.2. The minimum absolute atomic E-state index is 0.0120. The number of sulfone groups is 1. The molecule has 15 heavy (non-hydrogen) atoms. The van der Waals surface area contributed by atoms with Crippen molar-refractivity contribution in [3.63, 3.8) is 0 Å². The van der Waals surface area contributed by atoms with Crippen LogP contribution < -0.4 is 5.32 Å². The minimum Gasteiger partial charge on any atom is -0.324 e. The highest BCUT2D eigenvalue weighted by Gasteiger charge is 2.13. The van der Waals surface area contributed by atoms with E-state index in [9.17, 15) is 13.2 Å². The molecule has 0 atom stereocenters. The lowest BCUT2D eigenvalue weighted by Crippen LogP contribution is -2.15. The number of hydrogen-bond donors (Lipinski definition) is 2. The van der Waals surface area contributed by atoms with E-state index in [0.717, 1.165) is 6.26 Å². The van der Waals surface area contributed by atoms with Gasteiger partial charge in [-0.1, -0.05) is 12.1 Å². The molecule has 6 heteroatoms.